The Morgan fingerprint density at radius 1 is 1.00 bits per heavy atom. The monoisotopic (exact) mass is 595 g/mol. The molecule has 1 amide bonds. The molecule has 0 unspecified atom stereocenters. The van der Waals surface area contributed by atoms with Gasteiger partial charge in [-0.05, 0) is 55.8 Å². The molecular formula is C26H21ClF3N3O4S2. The van der Waals surface area contributed by atoms with E-state index in [0.29, 0.717) is 10.4 Å². The van der Waals surface area contributed by atoms with Gasteiger partial charge in [0.2, 0.25) is 10.0 Å². The number of carbonyl (C=O) groups is 1. The summed E-state index contributed by atoms with van der Waals surface area (Å²) in [6.45, 7) is 3.30. The molecule has 0 saturated carbocycles. The molecule has 0 spiro atoms. The van der Waals surface area contributed by atoms with E-state index in [0.717, 1.165) is 48.1 Å². The van der Waals surface area contributed by atoms with Crippen molar-refractivity contribution in [1.29, 1.82) is 0 Å². The van der Waals surface area contributed by atoms with Crippen LogP contribution in [0, 0.1) is 24.4 Å². The van der Waals surface area contributed by atoms with E-state index in [2.05, 4.69) is 15.0 Å². The molecule has 0 aliphatic carbocycles. The number of ether oxygens (including phenoxy) is 1. The summed E-state index contributed by atoms with van der Waals surface area (Å²) in [6, 6.07) is 9.89. The third kappa shape index (κ3) is 7.28. The number of pyridine rings is 1. The van der Waals surface area contributed by atoms with Crippen molar-refractivity contribution in [2.45, 2.75) is 20.0 Å². The zero-order valence-corrected chi connectivity index (χ0v) is 23.1. The molecule has 2 heterocycles. The molecule has 0 bridgehead atoms. The van der Waals surface area contributed by atoms with Crippen molar-refractivity contribution < 1.29 is 31.1 Å². The number of sulfonamides is 1. The van der Waals surface area contributed by atoms with Crippen LogP contribution in [-0.2, 0) is 10.0 Å². The third-order valence-electron chi connectivity index (χ3n) is 5.33. The maximum Gasteiger partial charge on any atom is 0.265 e. The van der Waals surface area contributed by atoms with Gasteiger partial charge in [0.05, 0.1) is 23.0 Å². The van der Waals surface area contributed by atoms with Gasteiger partial charge >= 0.3 is 0 Å². The second kappa shape index (κ2) is 11.2. The third-order valence-corrected chi connectivity index (χ3v) is 7.21. The number of halogens is 4. The molecule has 7 nitrogen and oxygen atoms in total. The SMILES string of the molecule is Cc1sc(C(=O)Nc2cc(Cl)cc(NS(C)(=O)=O)c2)cc1-c1ncc(F)cc1O[C@H](C)c1cc(F)cc(F)c1. The summed E-state index contributed by atoms with van der Waals surface area (Å²) >= 11 is 7.22. The topological polar surface area (TPSA) is 97.4 Å². The van der Waals surface area contributed by atoms with Gasteiger partial charge in [0, 0.05) is 33.3 Å². The highest BCUT2D eigenvalue weighted by atomic mass is 35.5. The molecule has 0 aliphatic heterocycles. The number of nitrogens with zero attached hydrogens (tertiary/aromatic N) is 1. The van der Waals surface area contributed by atoms with Crippen LogP contribution in [0.3, 0.4) is 0 Å². The van der Waals surface area contributed by atoms with E-state index in [9.17, 15) is 26.4 Å². The van der Waals surface area contributed by atoms with Crippen molar-refractivity contribution >= 4 is 50.2 Å². The van der Waals surface area contributed by atoms with Gasteiger partial charge in [0.25, 0.3) is 5.91 Å². The van der Waals surface area contributed by atoms with Gasteiger partial charge in [-0.1, -0.05) is 11.6 Å². The molecule has 1 atom stereocenters. The van der Waals surface area contributed by atoms with Crippen LogP contribution in [0.2, 0.25) is 5.02 Å². The van der Waals surface area contributed by atoms with Crippen LogP contribution in [0.1, 0.15) is 33.1 Å². The lowest BCUT2D eigenvalue weighted by Gasteiger charge is -2.17. The number of hydrogen-bond acceptors (Lipinski definition) is 6. The van der Waals surface area contributed by atoms with Crippen molar-refractivity contribution in [3.05, 3.63) is 92.5 Å². The van der Waals surface area contributed by atoms with Crippen molar-refractivity contribution in [3.8, 4) is 17.0 Å². The Hall–Kier alpha value is -3.61. The fraction of sp³-hybridized carbons (Fsp3) is 0.154. The largest absolute Gasteiger partial charge is 0.484 e. The van der Waals surface area contributed by atoms with Gasteiger partial charge in [0.1, 0.15) is 35.0 Å². The lowest BCUT2D eigenvalue weighted by atomic mass is 10.1. The van der Waals surface area contributed by atoms with Crippen molar-refractivity contribution in [3.63, 3.8) is 0 Å². The molecule has 0 fully saturated rings. The summed E-state index contributed by atoms with van der Waals surface area (Å²) in [4.78, 5) is 18.1. The van der Waals surface area contributed by atoms with Crippen molar-refractivity contribution in [1.82, 2.24) is 4.98 Å². The first-order valence-corrected chi connectivity index (χ1v) is 14.3. The standard InChI is InChI=1S/C26H21ClF3N3O4S2/c1-13(15-4-17(28)8-18(29)5-15)37-23-9-19(30)12-31-25(23)22-11-24(38-14(22)2)26(34)32-20-6-16(27)7-21(10-20)33-39(3,35)36/h4-13,33H,1-3H3,(H,32,34)/t13-/m1/s1. The van der Waals surface area contributed by atoms with Gasteiger partial charge in [-0.3, -0.25) is 9.52 Å². The molecule has 204 valence electrons. The van der Waals surface area contributed by atoms with Crippen LogP contribution in [-0.4, -0.2) is 25.6 Å². The lowest BCUT2D eigenvalue weighted by molar-refractivity contribution is 0.103. The minimum atomic E-state index is -3.56. The molecule has 2 aromatic heterocycles. The summed E-state index contributed by atoms with van der Waals surface area (Å²) in [7, 11) is -3.56. The highest BCUT2D eigenvalue weighted by molar-refractivity contribution is 7.92. The summed E-state index contributed by atoms with van der Waals surface area (Å²) < 4.78 is 72.8. The number of hydrogen-bond donors (Lipinski definition) is 2. The van der Waals surface area contributed by atoms with E-state index in [1.807, 2.05) is 0 Å². The average molecular weight is 596 g/mol. The minimum Gasteiger partial charge on any atom is -0.484 e. The average Bonchev–Trinajstić information content (AvgIpc) is 3.18. The molecule has 0 radical (unpaired) electrons. The molecule has 0 saturated heterocycles. The maximum absolute atomic E-state index is 14.1. The van der Waals surface area contributed by atoms with Gasteiger partial charge in [-0.2, -0.15) is 0 Å². The number of amides is 1. The van der Waals surface area contributed by atoms with E-state index >= 15 is 0 Å². The Morgan fingerprint density at radius 2 is 1.67 bits per heavy atom. The number of rotatable bonds is 8. The van der Waals surface area contributed by atoms with E-state index in [-0.39, 0.29) is 38.3 Å². The highest BCUT2D eigenvalue weighted by Gasteiger charge is 2.21. The summed E-state index contributed by atoms with van der Waals surface area (Å²) in [5.74, 6) is -2.72. The molecule has 2 N–H and O–H groups in total. The molecule has 0 aliphatic rings. The lowest BCUT2D eigenvalue weighted by Crippen LogP contribution is -2.12. The fourth-order valence-electron chi connectivity index (χ4n) is 3.74. The van der Waals surface area contributed by atoms with Crippen LogP contribution in [0.4, 0.5) is 24.5 Å². The Balaban J connectivity index is 1.61. The van der Waals surface area contributed by atoms with Crippen molar-refractivity contribution in [2.24, 2.45) is 0 Å². The van der Waals surface area contributed by atoms with Gasteiger partial charge < -0.3 is 10.1 Å². The van der Waals surface area contributed by atoms with Crippen molar-refractivity contribution in [2.75, 3.05) is 16.3 Å². The molecule has 4 aromatic rings. The highest BCUT2D eigenvalue weighted by Crippen LogP contribution is 2.38. The first kappa shape index (κ1) is 28.4. The number of aromatic nitrogens is 1. The second-order valence-corrected chi connectivity index (χ2v) is 12.0. The predicted octanol–water partition coefficient (Wildman–Crippen LogP) is 6.95. The van der Waals surface area contributed by atoms with Crippen LogP contribution in [0.15, 0.2) is 54.7 Å². The molecule has 4 rings (SSSR count). The van der Waals surface area contributed by atoms with E-state index in [4.69, 9.17) is 16.3 Å². The number of nitrogens with one attached hydrogen (secondary N) is 2. The summed E-state index contributed by atoms with van der Waals surface area (Å²) in [6.07, 6.45) is 1.13. The van der Waals surface area contributed by atoms with E-state index in [1.54, 1.807) is 19.9 Å². The van der Waals surface area contributed by atoms with Crippen LogP contribution < -0.4 is 14.8 Å². The maximum atomic E-state index is 14.1. The zero-order valence-electron chi connectivity index (χ0n) is 20.7. The Morgan fingerprint density at radius 3 is 2.33 bits per heavy atom. The number of carbonyl (C=O) groups excluding carboxylic acids is 1. The van der Waals surface area contributed by atoms with Crippen LogP contribution >= 0.6 is 22.9 Å². The van der Waals surface area contributed by atoms with Gasteiger partial charge in [0.15, 0.2) is 0 Å². The Labute approximate surface area is 231 Å². The molecule has 13 heteroatoms. The number of benzene rings is 2. The summed E-state index contributed by atoms with van der Waals surface area (Å²) in [5, 5.41) is 2.88. The Kier molecular flexibility index (Phi) is 8.19. The first-order valence-electron chi connectivity index (χ1n) is 11.3. The second-order valence-electron chi connectivity index (χ2n) is 8.60. The predicted molar refractivity (Wildman–Crippen MR) is 146 cm³/mol. The van der Waals surface area contributed by atoms with Gasteiger partial charge in [-0.15, -0.1) is 11.3 Å². The van der Waals surface area contributed by atoms with Crippen LogP contribution in [0.25, 0.3) is 11.3 Å². The molecule has 2 aromatic carbocycles. The number of thiophene rings is 1. The number of aryl methyl sites for hydroxylation is 1. The molecular weight excluding hydrogens is 575 g/mol. The minimum absolute atomic E-state index is 0.0198. The number of anilines is 2. The molecule has 39 heavy (non-hydrogen) atoms. The quantitative estimate of drug-likeness (QED) is 0.230. The Bertz CT molecular complexity index is 1660. The van der Waals surface area contributed by atoms with E-state index in [1.165, 1.54) is 18.2 Å². The van der Waals surface area contributed by atoms with Gasteiger partial charge in [-0.25, -0.2) is 26.6 Å². The first-order chi connectivity index (χ1) is 18.3. The summed E-state index contributed by atoms with van der Waals surface area (Å²) in [5.41, 5.74) is 1.36. The normalized spacial score (nSPS) is 12.2. The van der Waals surface area contributed by atoms with Crippen LogP contribution in [0.5, 0.6) is 5.75 Å². The smallest absolute Gasteiger partial charge is 0.265 e. The fourth-order valence-corrected chi connectivity index (χ4v) is 5.43. The van der Waals surface area contributed by atoms with E-state index < -0.39 is 39.5 Å². The zero-order chi connectivity index (χ0) is 28.5.